The Morgan fingerprint density at radius 2 is 2.05 bits per heavy atom. The first-order chi connectivity index (χ1) is 9.40. The van der Waals surface area contributed by atoms with E-state index in [1.807, 2.05) is 12.1 Å². The second-order valence-electron chi connectivity index (χ2n) is 7.45. The van der Waals surface area contributed by atoms with E-state index >= 15 is 0 Å². The van der Waals surface area contributed by atoms with Crippen molar-refractivity contribution in [3.05, 3.63) is 35.4 Å². The highest BCUT2D eigenvalue weighted by Crippen LogP contribution is 2.42. The van der Waals surface area contributed by atoms with Crippen molar-refractivity contribution >= 4 is 5.78 Å². The van der Waals surface area contributed by atoms with Crippen molar-refractivity contribution < 1.29 is 4.79 Å². The van der Waals surface area contributed by atoms with Crippen molar-refractivity contribution in [1.82, 2.24) is 0 Å². The predicted molar refractivity (Wildman–Crippen MR) is 85.1 cm³/mol. The Hall–Kier alpha value is -1.11. The minimum atomic E-state index is 0.156. The van der Waals surface area contributed by atoms with Crippen LogP contribution in [-0.4, -0.2) is 5.78 Å². The summed E-state index contributed by atoms with van der Waals surface area (Å²) in [6.07, 6.45) is 5.75. The first kappa shape index (κ1) is 15.3. The van der Waals surface area contributed by atoms with Crippen molar-refractivity contribution in [3.8, 4) is 0 Å². The molecule has 1 fully saturated rings. The third-order valence-electron chi connectivity index (χ3n) is 4.68. The average molecular weight is 272 g/mol. The number of benzene rings is 1. The van der Waals surface area contributed by atoms with Crippen molar-refractivity contribution in [2.75, 3.05) is 0 Å². The summed E-state index contributed by atoms with van der Waals surface area (Å²) in [6, 6.07) is 8.30. The van der Waals surface area contributed by atoms with Gasteiger partial charge in [-0.15, -0.1) is 0 Å². The zero-order valence-electron chi connectivity index (χ0n) is 13.4. The fraction of sp³-hybridized carbons (Fsp3) is 0.632. The Balaban J connectivity index is 2.20. The summed E-state index contributed by atoms with van der Waals surface area (Å²) < 4.78 is 0. The number of hydrogen-bond acceptors (Lipinski definition) is 1. The molecule has 1 atom stereocenters. The van der Waals surface area contributed by atoms with E-state index in [1.54, 1.807) is 0 Å². The van der Waals surface area contributed by atoms with Gasteiger partial charge in [0.1, 0.15) is 0 Å². The van der Waals surface area contributed by atoms with Crippen LogP contribution in [-0.2, 0) is 6.42 Å². The second kappa shape index (κ2) is 6.11. The normalized spacial score (nSPS) is 21.9. The molecule has 0 heterocycles. The lowest BCUT2D eigenvalue weighted by Gasteiger charge is -2.37. The monoisotopic (exact) mass is 272 g/mol. The third-order valence-corrected chi connectivity index (χ3v) is 4.68. The Morgan fingerprint density at radius 1 is 1.30 bits per heavy atom. The van der Waals surface area contributed by atoms with Crippen LogP contribution in [0.5, 0.6) is 0 Å². The zero-order valence-corrected chi connectivity index (χ0v) is 13.4. The number of carbonyl (C=O) groups is 1. The van der Waals surface area contributed by atoms with Gasteiger partial charge in [0.25, 0.3) is 0 Å². The lowest BCUT2D eigenvalue weighted by Crippen LogP contribution is -2.34. The lowest BCUT2D eigenvalue weighted by atomic mass is 9.66. The quantitative estimate of drug-likeness (QED) is 0.681. The number of rotatable bonds is 4. The number of carbonyl (C=O) groups excluding carboxylic acids is 1. The molecule has 1 aliphatic carbocycles. The first-order valence-electron chi connectivity index (χ1n) is 8.03. The topological polar surface area (TPSA) is 17.1 Å². The van der Waals surface area contributed by atoms with Gasteiger partial charge in [0, 0.05) is 11.5 Å². The molecule has 2 rings (SSSR count). The molecule has 0 radical (unpaired) electrons. The molecular weight excluding hydrogens is 244 g/mol. The van der Waals surface area contributed by atoms with Gasteiger partial charge < -0.3 is 0 Å². The van der Waals surface area contributed by atoms with E-state index in [1.165, 1.54) is 24.8 Å². The maximum atomic E-state index is 12.9. The summed E-state index contributed by atoms with van der Waals surface area (Å²) >= 11 is 0. The molecule has 0 amide bonds. The van der Waals surface area contributed by atoms with Crippen LogP contribution in [0.3, 0.4) is 0 Å². The van der Waals surface area contributed by atoms with Crippen molar-refractivity contribution in [1.29, 1.82) is 0 Å². The van der Waals surface area contributed by atoms with Crippen LogP contribution in [0.15, 0.2) is 24.3 Å². The van der Waals surface area contributed by atoms with E-state index in [9.17, 15) is 4.79 Å². The Bertz CT molecular complexity index is 470. The minimum absolute atomic E-state index is 0.156. The second-order valence-corrected chi connectivity index (χ2v) is 7.45. The van der Waals surface area contributed by atoms with Gasteiger partial charge in [-0.05, 0) is 42.2 Å². The molecule has 0 spiro atoms. The molecule has 0 aromatic heterocycles. The van der Waals surface area contributed by atoms with Crippen LogP contribution in [0.4, 0.5) is 0 Å². The van der Waals surface area contributed by atoms with Crippen molar-refractivity contribution in [2.45, 2.75) is 59.8 Å². The van der Waals surface area contributed by atoms with Crippen LogP contribution < -0.4 is 0 Å². The van der Waals surface area contributed by atoms with Gasteiger partial charge in [0.15, 0.2) is 5.78 Å². The Morgan fingerprint density at radius 3 is 2.70 bits per heavy atom. The van der Waals surface area contributed by atoms with E-state index in [0.29, 0.717) is 11.7 Å². The summed E-state index contributed by atoms with van der Waals surface area (Å²) in [5.41, 5.74) is 2.37. The van der Waals surface area contributed by atoms with Gasteiger partial charge in [-0.3, -0.25) is 4.79 Å². The zero-order chi connectivity index (χ0) is 14.8. The molecule has 0 N–H and O–H groups in total. The van der Waals surface area contributed by atoms with Crippen LogP contribution in [0.25, 0.3) is 0 Å². The fourth-order valence-corrected chi connectivity index (χ4v) is 3.50. The largest absolute Gasteiger partial charge is 0.294 e. The molecular formula is C19H28O. The highest BCUT2D eigenvalue weighted by atomic mass is 16.1. The van der Waals surface area contributed by atoms with Gasteiger partial charge in [-0.1, -0.05) is 58.7 Å². The Kier molecular flexibility index (Phi) is 4.67. The van der Waals surface area contributed by atoms with Gasteiger partial charge in [0.05, 0.1) is 0 Å². The SMILES string of the molecule is CC(C)Cc1cccc(C(=O)C2CCCCC2(C)C)c1. The summed E-state index contributed by atoms with van der Waals surface area (Å²) in [5.74, 6) is 1.19. The highest BCUT2D eigenvalue weighted by molar-refractivity contribution is 5.98. The lowest BCUT2D eigenvalue weighted by molar-refractivity contribution is 0.0697. The van der Waals surface area contributed by atoms with Crippen LogP contribution >= 0.6 is 0 Å². The summed E-state index contributed by atoms with van der Waals surface area (Å²) in [4.78, 5) is 12.9. The first-order valence-corrected chi connectivity index (χ1v) is 8.03. The van der Waals surface area contributed by atoms with E-state index in [-0.39, 0.29) is 11.3 Å². The van der Waals surface area contributed by atoms with E-state index in [2.05, 4.69) is 39.8 Å². The Labute approximate surface area is 123 Å². The molecule has 1 nitrogen and oxygen atoms in total. The molecule has 1 aliphatic rings. The summed E-state index contributed by atoms with van der Waals surface area (Å²) in [6.45, 7) is 8.96. The molecule has 1 heteroatoms. The number of Topliss-reactive ketones (excluding diaryl/α,β-unsaturated/α-hetero) is 1. The van der Waals surface area contributed by atoms with Crippen molar-refractivity contribution in [2.24, 2.45) is 17.3 Å². The minimum Gasteiger partial charge on any atom is -0.294 e. The maximum Gasteiger partial charge on any atom is 0.166 e. The predicted octanol–water partition coefficient (Wildman–Crippen LogP) is 5.28. The van der Waals surface area contributed by atoms with Crippen LogP contribution in [0.1, 0.15) is 69.3 Å². The maximum absolute atomic E-state index is 12.9. The molecule has 0 saturated heterocycles. The van der Waals surface area contributed by atoms with Gasteiger partial charge in [0.2, 0.25) is 0 Å². The molecule has 1 aromatic rings. The molecule has 20 heavy (non-hydrogen) atoms. The van der Waals surface area contributed by atoms with Crippen LogP contribution in [0.2, 0.25) is 0 Å². The van der Waals surface area contributed by atoms with Crippen molar-refractivity contribution in [3.63, 3.8) is 0 Å². The third kappa shape index (κ3) is 3.50. The van der Waals surface area contributed by atoms with Gasteiger partial charge in [-0.2, -0.15) is 0 Å². The summed E-state index contributed by atoms with van der Waals surface area (Å²) in [7, 11) is 0. The molecule has 0 aliphatic heterocycles. The van der Waals surface area contributed by atoms with Gasteiger partial charge >= 0.3 is 0 Å². The summed E-state index contributed by atoms with van der Waals surface area (Å²) in [5, 5.41) is 0. The van der Waals surface area contributed by atoms with E-state index in [4.69, 9.17) is 0 Å². The van der Waals surface area contributed by atoms with E-state index < -0.39 is 0 Å². The fourth-order valence-electron chi connectivity index (χ4n) is 3.50. The molecule has 110 valence electrons. The molecule has 1 saturated carbocycles. The smallest absolute Gasteiger partial charge is 0.166 e. The van der Waals surface area contributed by atoms with Crippen LogP contribution in [0, 0.1) is 17.3 Å². The number of hydrogen-bond donors (Lipinski definition) is 0. The van der Waals surface area contributed by atoms with E-state index in [0.717, 1.165) is 18.4 Å². The average Bonchev–Trinajstić information content (AvgIpc) is 2.37. The number of ketones is 1. The molecule has 1 aromatic carbocycles. The molecule has 0 bridgehead atoms. The van der Waals surface area contributed by atoms with Gasteiger partial charge in [-0.25, -0.2) is 0 Å². The highest BCUT2D eigenvalue weighted by Gasteiger charge is 2.37. The standard InChI is InChI=1S/C19H28O/c1-14(2)12-15-8-7-9-16(13-15)18(20)17-10-5-6-11-19(17,3)4/h7-9,13-14,17H,5-6,10-12H2,1-4H3. The molecule has 1 unspecified atom stereocenters.